The molecule has 0 spiro atoms. The molecule has 0 fully saturated rings. The molecule has 0 amide bonds. The van der Waals surface area contributed by atoms with Crippen LogP contribution in [0.15, 0.2) is 30.3 Å². The number of benzene rings is 1. The lowest BCUT2D eigenvalue weighted by atomic mass is 10.0. The minimum absolute atomic E-state index is 1.22. The quantitative estimate of drug-likeness (QED) is 0.284. The van der Waals surface area contributed by atoms with Gasteiger partial charge in [0.05, 0.1) is 0 Å². The fourth-order valence-electron chi connectivity index (χ4n) is 3.17. The van der Waals surface area contributed by atoms with Crippen molar-refractivity contribution < 1.29 is 0 Å². The van der Waals surface area contributed by atoms with Crippen molar-refractivity contribution in [3.8, 4) is 0 Å². The van der Waals surface area contributed by atoms with E-state index in [1.54, 1.807) is 0 Å². The van der Waals surface area contributed by atoms with Crippen molar-refractivity contribution in [3.63, 3.8) is 0 Å². The van der Waals surface area contributed by atoms with Gasteiger partial charge in [0.15, 0.2) is 0 Å². The summed E-state index contributed by atoms with van der Waals surface area (Å²) < 4.78 is 0. The molecule has 0 bridgehead atoms. The van der Waals surface area contributed by atoms with E-state index in [-0.39, 0.29) is 0 Å². The topological polar surface area (TPSA) is 0 Å². The molecule has 1 aromatic rings. The van der Waals surface area contributed by atoms with E-state index < -0.39 is 0 Å². The average molecular weight is 329 g/mol. The summed E-state index contributed by atoms with van der Waals surface area (Å²) in [7, 11) is 0. The molecule has 0 heterocycles. The minimum Gasteiger partial charge on any atom is -0.0839 e. The molecule has 0 unspecified atom stereocenters. The smallest absolute Gasteiger partial charge is 0.0260 e. The van der Waals surface area contributed by atoms with Crippen LogP contribution in [0.25, 0.3) is 6.08 Å². The predicted molar refractivity (Wildman–Crippen MR) is 111 cm³/mol. The monoisotopic (exact) mass is 328 g/mol. The Balaban J connectivity index is 2.08. The van der Waals surface area contributed by atoms with Crippen LogP contribution in [0.2, 0.25) is 0 Å². The molecule has 0 saturated carbocycles. The van der Waals surface area contributed by atoms with Crippen molar-refractivity contribution in [1.29, 1.82) is 0 Å². The van der Waals surface area contributed by atoms with Gasteiger partial charge in [-0.25, -0.2) is 0 Å². The van der Waals surface area contributed by atoms with Crippen LogP contribution >= 0.6 is 0 Å². The van der Waals surface area contributed by atoms with E-state index in [4.69, 9.17) is 0 Å². The molecule has 1 rings (SSSR count). The highest BCUT2D eigenvalue weighted by Crippen LogP contribution is 2.13. The highest BCUT2D eigenvalue weighted by atomic mass is 14.0. The lowest BCUT2D eigenvalue weighted by Gasteiger charge is -2.03. The van der Waals surface area contributed by atoms with E-state index in [1.807, 2.05) is 0 Å². The van der Waals surface area contributed by atoms with Gasteiger partial charge < -0.3 is 0 Å². The van der Waals surface area contributed by atoms with Gasteiger partial charge in [-0.3, -0.25) is 0 Å². The zero-order valence-electron chi connectivity index (χ0n) is 16.4. The Labute approximate surface area is 151 Å². The molecule has 0 N–H and O–H groups in total. The molecule has 0 aromatic heterocycles. The largest absolute Gasteiger partial charge is 0.0839 e. The Bertz CT molecular complexity index is 399. The Morgan fingerprint density at radius 3 is 1.79 bits per heavy atom. The number of hydrogen-bond acceptors (Lipinski definition) is 0. The first-order chi connectivity index (χ1) is 11.9. The molecule has 0 aliphatic carbocycles. The molecule has 1 aromatic carbocycles. The molecule has 24 heavy (non-hydrogen) atoms. The summed E-state index contributed by atoms with van der Waals surface area (Å²) >= 11 is 0. The molecular weight excluding hydrogens is 288 g/mol. The highest BCUT2D eigenvalue weighted by molar-refractivity contribution is 5.49. The molecule has 0 nitrogen and oxygen atoms in total. The maximum absolute atomic E-state index is 2.34. The van der Waals surface area contributed by atoms with E-state index in [0.29, 0.717) is 0 Å². The predicted octanol–water partition coefficient (Wildman–Crippen LogP) is 8.35. The summed E-state index contributed by atoms with van der Waals surface area (Å²) in [5.41, 5.74) is 2.85. The van der Waals surface area contributed by atoms with Crippen molar-refractivity contribution >= 4 is 6.08 Å². The van der Waals surface area contributed by atoms with E-state index in [2.05, 4.69) is 50.3 Å². The third-order valence-electron chi connectivity index (χ3n) is 4.83. The SMILES string of the molecule is CCCCCCC=Cc1ccc(CCCCCCCCCC)cc1. The first-order valence-electron chi connectivity index (χ1n) is 10.6. The summed E-state index contributed by atoms with van der Waals surface area (Å²) in [5.74, 6) is 0. The molecule has 0 heteroatoms. The van der Waals surface area contributed by atoms with Gasteiger partial charge in [-0.05, 0) is 36.8 Å². The Morgan fingerprint density at radius 1 is 0.625 bits per heavy atom. The number of hydrogen-bond donors (Lipinski definition) is 0. The first kappa shape index (κ1) is 21.0. The zero-order chi connectivity index (χ0) is 17.3. The van der Waals surface area contributed by atoms with E-state index >= 15 is 0 Å². The maximum Gasteiger partial charge on any atom is -0.0260 e. The third-order valence-corrected chi connectivity index (χ3v) is 4.83. The second kappa shape index (κ2) is 15.5. The fraction of sp³-hybridized carbons (Fsp3) is 0.667. The number of aryl methyl sites for hydroxylation is 1. The highest BCUT2D eigenvalue weighted by Gasteiger charge is 1.95. The maximum atomic E-state index is 2.34. The van der Waals surface area contributed by atoms with Gasteiger partial charge in [-0.2, -0.15) is 0 Å². The second-order valence-electron chi connectivity index (χ2n) is 7.22. The standard InChI is InChI=1S/C24H40/c1-3-5-7-9-11-12-14-16-18-24-21-19-23(20-22-24)17-15-13-10-8-6-4-2/h15,17,19-22H,3-14,16,18H2,1-2H3. The third kappa shape index (κ3) is 11.5. The second-order valence-corrected chi connectivity index (χ2v) is 7.22. The Morgan fingerprint density at radius 2 is 1.17 bits per heavy atom. The summed E-state index contributed by atoms with van der Waals surface area (Å²) in [4.78, 5) is 0. The lowest BCUT2D eigenvalue weighted by Crippen LogP contribution is -1.87. The molecule has 0 aliphatic rings. The van der Waals surface area contributed by atoms with Crippen molar-refractivity contribution in [3.05, 3.63) is 41.5 Å². The lowest BCUT2D eigenvalue weighted by molar-refractivity contribution is 0.575. The molecule has 0 saturated heterocycles. The summed E-state index contributed by atoms with van der Waals surface area (Å²) in [6.45, 7) is 4.56. The van der Waals surface area contributed by atoms with Gasteiger partial charge in [0.1, 0.15) is 0 Å². The van der Waals surface area contributed by atoms with Gasteiger partial charge in [-0.15, -0.1) is 0 Å². The molecule has 0 atom stereocenters. The zero-order valence-corrected chi connectivity index (χ0v) is 16.4. The van der Waals surface area contributed by atoms with Gasteiger partial charge >= 0.3 is 0 Å². The minimum atomic E-state index is 1.22. The normalized spacial score (nSPS) is 11.4. The number of unbranched alkanes of at least 4 members (excludes halogenated alkanes) is 11. The Kier molecular flexibility index (Phi) is 13.6. The Hall–Kier alpha value is -1.04. The summed E-state index contributed by atoms with van der Waals surface area (Å²) in [6.07, 6.45) is 23.7. The van der Waals surface area contributed by atoms with Crippen molar-refractivity contribution in [1.82, 2.24) is 0 Å². The molecule has 0 radical (unpaired) electrons. The van der Waals surface area contributed by atoms with Crippen molar-refractivity contribution in [2.45, 2.75) is 104 Å². The van der Waals surface area contributed by atoms with Gasteiger partial charge in [-0.1, -0.05) is 114 Å². The van der Waals surface area contributed by atoms with Crippen LogP contribution in [0, 0.1) is 0 Å². The van der Waals surface area contributed by atoms with Crippen LogP contribution in [0.1, 0.15) is 108 Å². The number of allylic oxidation sites excluding steroid dienone is 1. The van der Waals surface area contributed by atoms with Crippen LogP contribution < -0.4 is 0 Å². The van der Waals surface area contributed by atoms with Crippen LogP contribution in [-0.4, -0.2) is 0 Å². The van der Waals surface area contributed by atoms with Crippen molar-refractivity contribution in [2.75, 3.05) is 0 Å². The summed E-state index contributed by atoms with van der Waals surface area (Å²) in [6, 6.07) is 9.20. The molecular formula is C24H40. The van der Waals surface area contributed by atoms with Gasteiger partial charge in [0.25, 0.3) is 0 Å². The first-order valence-corrected chi connectivity index (χ1v) is 10.6. The van der Waals surface area contributed by atoms with E-state index in [0.717, 1.165) is 0 Å². The van der Waals surface area contributed by atoms with Crippen LogP contribution in [-0.2, 0) is 6.42 Å². The van der Waals surface area contributed by atoms with Gasteiger partial charge in [0, 0.05) is 0 Å². The van der Waals surface area contributed by atoms with Crippen molar-refractivity contribution in [2.24, 2.45) is 0 Å². The average Bonchev–Trinajstić information content (AvgIpc) is 2.61. The fourth-order valence-corrected chi connectivity index (χ4v) is 3.17. The summed E-state index contributed by atoms with van der Waals surface area (Å²) in [5, 5.41) is 0. The van der Waals surface area contributed by atoms with Gasteiger partial charge in [0.2, 0.25) is 0 Å². The van der Waals surface area contributed by atoms with E-state index in [9.17, 15) is 0 Å². The molecule has 136 valence electrons. The van der Waals surface area contributed by atoms with Crippen LogP contribution in [0.3, 0.4) is 0 Å². The van der Waals surface area contributed by atoms with E-state index in [1.165, 1.54) is 101 Å². The number of rotatable bonds is 15. The van der Waals surface area contributed by atoms with Crippen LogP contribution in [0.4, 0.5) is 0 Å². The molecule has 0 aliphatic heterocycles. The van der Waals surface area contributed by atoms with Crippen LogP contribution in [0.5, 0.6) is 0 Å².